The Balaban J connectivity index is 4.50. The van der Waals surface area contributed by atoms with Gasteiger partial charge in [0.05, 0.1) is 0 Å². The van der Waals surface area contributed by atoms with Crippen LogP contribution in [-0.2, 0) is 9.36 Å². The molecule has 0 aliphatic heterocycles. The molecular weight excluding hydrogens is 214 g/mol. The minimum absolute atomic E-state index is 0.379. The molecule has 0 fully saturated rings. The van der Waals surface area contributed by atoms with Crippen molar-refractivity contribution in [1.29, 1.82) is 0 Å². The fraction of sp³-hybridized carbons (Fsp3) is 0.857. The SMILES string of the molecule is CCC(Cl)(CC)C(=O)CP(=O)(O)O. The van der Waals surface area contributed by atoms with Gasteiger partial charge < -0.3 is 9.79 Å². The van der Waals surface area contributed by atoms with Crippen LogP contribution in [0.3, 0.4) is 0 Å². The van der Waals surface area contributed by atoms with Crippen LogP contribution in [0, 0.1) is 0 Å². The molecule has 0 aromatic rings. The van der Waals surface area contributed by atoms with Gasteiger partial charge in [-0.2, -0.15) is 0 Å². The van der Waals surface area contributed by atoms with Crippen LogP contribution in [0.1, 0.15) is 26.7 Å². The average Bonchev–Trinajstić information content (AvgIpc) is 2.00. The van der Waals surface area contributed by atoms with Crippen molar-refractivity contribution in [2.45, 2.75) is 31.6 Å². The normalized spacial score (nSPS) is 13.0. The first-order valence-corrected chi connectivity index (χ1v) is 6.19. The van der Waals surface area contributed by atoms with Gasteiger partial charge in [0, 0.05) is 0 Å². The summed E-state index contributed by atoms with van der Waals surface area (Å²) in [6.45, 7) is 3.43. The number of carbonyl (C=O) groups excluding carboxylic acids is 1. The molecule has 78 valence electrons. The number of carbonyl (C=O) groups is 1. The number of ketones is 1. The minimum atomic E-state index is -4.28. The molecule has 2 N–H and O–H groups in total. The molecule has 6 heteroatoms. The second-order valence-electron chi connectivity index (χ2n) is 2.92. The minimum Gasteiger partial charge on any atom is -0.324 e. The number of halogens is 1. The molecule has 0 unspecified atom stereocenters. The fourth-order valence-electron chi connectivity index (χ4n) is 0.973. The highest BCUT2D eigenvalue weighted by molar-refractivity contribution is 7.52. The van der Waals surface area contributed by atoms with Gasteiger partial charge in [-0.1, -0.05) is 13.8 Å². The van der Waals surface area contributed by atoms with E-state index in [1.54, 1.807) is 13.8 Å². The van der Waals surface area contributed by atoms with E-state index in [1.807, 2.05) is 0 Å². The zero-order valence-corrected chi connectivity index (χ0v) is 9.31. The molecule has 13 heavy (non-hydrogen) atoms. The molecule has 0 atom stereocenters. The molecule has 0 aromatic heterocycles. The molecule has 4 nitrogen and oxygen atoms in total. The monoisotopic (exact) mass is 228 g/mol. The topological polar surface area (TPSA) is 74.6 Å². The Kier molecular flexibility index (Phi) is 4.60. The van der Waals surface area contributed by atoms with Gasteiger partial charge in [0.15, 0.2) is 5.78 Å². The summed E-state index contributed by atoms with van der Waals surface area (Å²) in [5, 5.41) is 0. The molecular formula is C7H14ClO4P. The number of alkyl halides is 1. The van der Waals surface area contributed by atoms with Gasteiger partial charge in [0.2, 0.25) is 0 Å². The summed E-state index contributed by atoms with van der Waals surface area (Å²) in [7, 11) is -4.28. The van der Waals surface area contributed by atoms with Crippen molar-refractivity contribution >= 4 is 25.0 Å². The van der Waals surface area contributed by atoms with Crippen LogP contribution < -0.4 is 0 Å². The van der Waals surface area contributed by atoms with E-state index < -0.39 is 24.4 Å². The number of rotatable bonds is 5. The summed E-state index contributed by atoms with van der Waals surface area (Å²) in [4.78, 5) is 27.4. The fourth-order valence-corrected chi connectivity index (χ4v) is 1.81. The second-order valence-corrected chi connectivity index (χ2v) is 5.29. The quantitative estimate of drug-likeness (QED) is 0.553. The van der Waals surface area contributed by atoms with Crippen molar-refractivity contribution in [2.24, 2.45) is 0 Å². The van der Waals surface area contributed by atoms with Crippen molar-refractivity contribution < 1.29 is 19.1 Å². The highest BCUT2D eigenvalue weighted by Crippen LogP contribution is 2.38. The Morgan fingerprint density at radius 2 is 1.77 bits per heavy atom. The lowest BCUT2D eigenvalue weighted by Crippen LogP contribution is -2.33. The van der Waals surface area contributed by atoms with Crippen LogP contribution in [-0.4, -0.2) is 26.6 Å². The van der Waals surface area contributed by atoms with Gasteiger partial charge in [0.25, 0.3) is 0 Å². The Morgan fingerprint density at radius 3 is 2.00 bits per heavy atom. The van der Waals surface area contributed by atoms with Gasteiger partial charge in [-0.25, -0.2) is 0 Å². The molecule has 0 bridgehead atoms. The number of hydrogen-bond acceptors (Lipinski definition) is 2. The van der Waals surface area contributed by atoms with Gasteiger partial charge in [-0.05, 0) is 12.8 Å². The lowest BCUT2D eigenvalue weighted by Gasteiger charge is -2.22. The lowest BCUT2D eigenvalue weighted by molar-refractivity contribution is -0.119. The van der Waals surface area contributed by atoms with E-state index in [-0.39, 0.29) is 0 Å². The molecule has 0 radical (unpaired) electrons. The first-order chi connectivity index (χ1) is 5.75. The van der Waals surface area contributed by atoms with E-state index in [0.29, 0.717) is 12.8 Å². The van der Waals surface area contributed by atoms with E-state index in [9.17, 15) is 9.36 Å². The van der Waals surface area contributed by atoms with E-state index in [4.69, 9.17) is 21.4 Å². The predicted octanol–water partition coefficient (Wildman–Crippen LogP) is 1.53. The third-order valence-corrected chi connectivity index (χ3v) is 3.41. The van der Waals surface area contributed by atoms with Crippen LogP contribution in [0.2, 0.25) is 0 Å². The van der Waals surface area contributed by atoms with Crippen molar-refractivity contribution in [3.05, 3.63) is 0 Å². The maximum absolute atomic E-state index is 11.3. The third kappa shape index (κ3) is 4.23. The zero-order chi connectivity index (χ0) is 10.7. The van der Waals surface area contributed by atoms with Crippen LogP contribution in [0.15, 0.2) is 0 Å². The van der Waals surface area contributed by atoms with Gasteiger partial charge in [-0.3, -0.25) is 9.36 Å². The van der Waals surface area contributed by atoms with E-state index in [0.717, 1.165) is 0 Å². The molecule has 0 amide bonds. The first kappa shape index (κ1) is 13.1. The Labute approximate surface area is 82.4 Å². The van der Waals surface area contributed by atoms with Crippen LogP contribution >= 0.6 is 19.2 Å². The molecule has 0 rings (SSSR count). The van der Waals surface area contributed by atoms with Crippen molar-refractivity contribution in [3.63, 3.8) is 0 Å². The Morgan fingerprint density at radius 1 is 1.38 bits per heavy atom. The summed E-state index contributed by atoms with van der Waals surface area (Å²) in [5.41, 5.74) is 0. The highest BCUT2D eigenvalue weighted by Gasteiger charge is 2.35. The summed E-state index contributed by atoms with van der Waals surface area (Å²) in [6.07, 6.45) is -0.00798. The van der Waals surface area contributed by atoms with Crippen LogP contribution in [0.4, 0.5) is 0 Å². The van der Waals surface area contributed by atoms with E-state index >= 15 is 0 Å². The van der Waals surface area contributed by atoms with E-state index in [2.05, 4.69) is 0 Å². The second kappa shape index (κ2) is 4.56. The molecule has 0 saturated heterocycles. The average molecular weight is 229 g/mol. The molecule has 0 aliphatic rings. The zero-order valence-electron chi connectivity index (χ0n) is 7.66. The van der Waals surface area contributed by atoms with Gasteiger partial charge in [-0.15, -0.1) is 11.6 Å². The van der Waals surface area contributed by atoms with Gasteiger partial charge >= 0.3 is 7.60 Å². The largest absolute Gasteiger partial charge is 0.332 e. The summed E-state index contributed by atoms with van der Waals surface area (Å²) >= 11 is 5.87. The number of Topliss-reactive ketones (excluding diaryl/α,β-unsaturated/α-hetero) is 1. The Hall–Kier alpha value is 0.110. The van der Waals surface area contributed by atoms with Gasteiger partial charge in [0.1, 0.15) is 11.0 Å². The first-order valence-electron chi connectivity index (χ1n) is 4.02. The maximum atomic E-state index is 11.3. The van der Waals surface area contributed by atoms with Crippen LogP contribution in [0.5, 0.6) is 0 Å². The predicted molar refractivity (Wildman–Crippen MR) is 51.1 cm³/mol. The third-order valence-electron chi connectivity index (χ3n) is 1.97. The van der Waals surface area contributed by atoms with Crippen molar-refractivity contribution in [1.82, 2.24) is 0 Å². The maximum Gasteiger partial charge on any atom is 0.332 e. The summed E-state index contributed by atoms with van der Waals surface area (Å²) in [6, 6.07) is 0. The molecule has 0 heterocycles. The smallest absolute Gasteiger partial charge is 0.324 e. The standard InChI is InChI=1S/C7H14ClO4P/c1-3-7(8,4-2)6(9)5-13(10,11)12/h3-5H2,1-2H3,(H2,10,11,12). The Bertz CT molecular complexity index is 231. The van der Waals surface area contributed by atoms with Crippen LogP contribution in [0.25, 0.3) is 0 Å². The highest BCUT2D eigenvalue weighted by atomic mass is 35.5. The van der Waals surface area contributed by atoms with E-state index in [1.165, 1.54) is 0 Å². The number of hydrogen-bond donors (Lipinski definition) is 2. The summed E-state index contributed by atoms with van der Waals surface area (Å²) < 4.78 is 10.5. The molecule has 0 aromatic carbocycles. The lowest BCUT2D eigenvalue weighted by atomic mass is 9.98. The van der Waals surface area contributed by atoms with Crippen molar-refractivity contribution in [3.8, 4) is 0 Å². The summed E-state index contributed by atoms with van der Waals surface area (Å²) in [5.74, 6) is -0.576. The van der Waals surface area contributed by atoms with Crippen molar-refractivity contribution in [2.75, 3.05) is 6.16 Å². The molecule has 0 spiro atoms. The molecule has 0 saturated carbocycles. The molecule has 0 aliphatic carbocycles.